The lowest BCUT2D eigenvalue weighted by Crippen LogP contribution is -2.28. The Balaban J connectivity index is 3.68. The first-order valence-corrected chi connectivity index (χ1v) is 4.37. The second kappa shape index (κ2) is 4.73. The van der Waals surface area contributed by atoms with Crippen LogP contribution in [0.2, 0.25) is 0 Å². The molecule has 0 amide bonds. The molecular weight excluding hydrogens is 138 g/mol. The minimum absolute atomic E-state index is 0.0319. The molecular formula is C9H21NO. The van der Waals surface area contributed by atoms with E-state index in [1.54, 1.807) is 0 Å². The number of hydrogen-bond acceptors (Lipinski definition) is 2. The van der Waals surface area contributed by atoms with Crippen molar-refractivity contribution in [3.63, 3.8) is 0 Å². The maximum Gasteiger partial charge on any atom is 0.0602 e. The van der Waals surface area contributed by atoms with E-state index >= 15 is 0 Å². The SMILES string of the molecule is CCC(CCN)OC(C)(C)C. The minimum Gasteiger partial charge on any atom is -0.373 e. The Morgan fingerprint density at radius 3 is 2.18 bits per heavy atom. The summed E-state index contributed by atoms with van der Waals surface area (Å²) < 4.78 is 5.75. The van der Waals surface area contributed by atoms with Crippen molar-refractivity contribution in [2.45, 2.75) is 52.2 Å². The Bertz CT molecular complexity index is 96.2. The predicted octanol–water partition coefficient (Wildman–Crippen LogP) is 1.93. The average Bonchev–Trinajstić information content (AvgIpc) is 1.84. The van der Waals surface area contributed by atoms with Crippen LogP contribution in [0, 0.1) is 0 Å². The Morgan fingerprint density at radius 2 is 1.91 bits per heavy atom. The maximum atomic E-state index is 5.75. The smallest absolute Gasteiger partial charge is 0.0602 e. The Labute approximate surface area is 70.1 Å². The van der Waals surface area contributed by atoms with Gasteiger partial charge in [0.05, 0.1) is 11.7 Å². The predicted molar refractivity (Wildman–Crippen MR) is 48.6 cm³/mol. The van der Waals surface area contributed by atoms with Gasteiger partial charge in [0.25, 0.3) is 0 Å². The molecule has 0 spiro atoms. The Morgan fingerprint density at radius 1 is 1.36 bits per heavy atom. The van der Waals surface area contributed by atoms with Crippen LogP contribution < -0.4 is 5.73 Å². The molecule has 0 aliphatic carbocycles. The molecule has 1 unspecified atom stereocenters. The van der Waals surface area contributed by atoms with Gasteiger partial charge >= 0.3 is 0 Å². The molecule has 0 aromatic carbocycles. The van der Waals surface area contributed by atoms with Gasteiger partial charge in [-0.15, -0.1) is 0 Å². The summed E-state index contributed by atoms with van der Waals surface area (Å²) in [5, 5.41) is 0. The van der Waals surface area contributed by atoms with Crippen LogP contribution in [0.15, 0.2) is 0 Å². The third-order valence-corrected chi connectivity index (χ3v) is 1.46. The quantitative estimate of drug-likeness (QED) is 0.680. The topological polar surface area (TPSA) is 35.2 Å². The van der Waals surface area contributed by atoms with Crippen LogP contribution in [-0.2, 0) is 4.74 Å². The minimum atomic E-state index is -0.0319. The summed E-state index contributed by atoms with van der Waals surface area (Å²) in [6.07, 6.45) is 2.35. The number of hydrogen-bond donors (Lipinski definition) is 1. The molecule has 0 saturated heterocycles. The van der Waals surface area contributed by atoms with Crippen LogP contribution in [0.3, 0.4) is 0 Å². The van der Waals surface area contributed by atoms with Crippen molar-refractivity contribution in [1.82, 2.24) is 0 Å². The van der Waals surface area contributed by atoms with Gasteiger partial charge in [-0.1, -0.05) is 6.92 Å². The van der Waals surface area contributed by atoms with E-state index in [4.69, 9.17) is 10.5 Å². The lowest BCUT2D eigenvalue weighted by atomic mass is 10.1. The van der Waals surface area contributed by atoms with Crippen LogP contribution >= 0.6 is 0 Å². The second-order valence-corrected chi connectivity index (χ2v) is 3.84. The zero-order valence-corrected chi connectivity index (χ0v) is 8.18. The van der Waals surface area contributed by atoms with E-state index < -0.39 is 0 Å². The van der Waals surface area contributed by atoms with E-state index in [2.05, 4.69) is 27.7 Å². The molecule has 2 nitrogen and oxygen atoms in total. The average molecular weight is 159 g/mol. The van der Waals surface area contributed by atoms with Gasteiger partial charge in [-0.25, -0.2) is 0 Å². The summed E-state index contributed by atoms with van der Waals surface area (Å²) in [7, 11) is 0. The summed E-state index contributed by atoms with van der Waals surface area (Å²) in [6.45, 7) is 9.07. The fourth-order valence-electron chi connectivity index (χ4n) is 1.03. The third kappa shape index (κ3) is 6.32. The Kier molecular flexibility index (Phi) is 4.69. The molecule has 0 aliphatic rings. The largest absolute Gasteiger partial charge is 0.373 e. The maximum absolute atomic E-state index is 5.75. The van der Waals surface area contributed by atoms with Gasteiger partial charge in [0.2, 0.25) is 0 Å². The summed E-state index contributed by atoms with van der Waals surface area (Å²) in [5.74, 6) is 0. The molecule has 2 N–H and O–H groups in total. The van der Waals surface area contributed by atoms with Crippen molar-refractivity contribution in [1.29, 1.82) is 0 Å². The van der Waals surface area contributed by atoms with Gasteiger partial charge in [-0.2, -0.15) is 0 Å². The molecule has 0 radical (unpaired) electrons. The zero-order valence-electron chi connectivity index (χ0n) is 8.18. The van der Waals surface area contributed by atoms with Crippen molar-refractivity contribution < 1.29 is 4.74 Å². The number of nitrogens with two attached hydrogens (primary N) is 1. The first-order valence-electron chi connectivity index (χ1n) is 4.37. The highest BCUT2D eigenvalue weighted by Gasteiger charge is 2.16. The van der Waals surface area contributed by atoms with Crippen molar-refractivity contribution in [2.75, 3.05) is 6.54 Å². The molecule has 2 heteroatoms. The van der Waals surface area contributed by atoms with Crippen LogP contribution in [0.4, 0.5) is 0 Å². The van der Waals surface area contributed by atoms with E-state index in [0.29, 0.717) is 12.6 Å². The lowest BCUT2D eigenvalue weighted by molar-refractivity contribution is -0.0630. The molecule has 11 heavy (non-hydrogen) atoms. The molecule has 0 bridgehead atoms. The van der Waals surface area contributed by atoms with Crippen LogP contribution in [0.25, 0.3) is 0 Å². The second-order valence-electron chi connectivity index (χ2n) is 3.84. The van der Waals surface area contributed by atoms with Crippen molar-refractivity contribution >= 4 is 0 Å². The molecule has 68 valence electrons. The van der Waals surface area contributed by atoms with Crippen LogP contribution in [0.1, 0.15) is 40.5 Å². The molecule has 0 aromatic heterocycles. The van der Waals surface area contributed by atoms with Gasteiger partial charge < -0.3 is 10.5 Å². The summed E-state index contributed by atoms with van der Waals surface area (Å²) >= 11 is 0. The van der Waals surface area contributed by atoms with Crippen molar-refractivity contribution in [3.8, 4) is 0 Å². The zero-order chi connectivity index (χ0) is 8.91. The molecule has 0 saturated carbocycles. The normalized spacial score (nSPS) is 15.0. The molecule has 0 rings (SSSR count). The first-order chi connectivity index (χ1) is 4.99. The Hall–Kier alpha value is -0.0800. The highest BCUT2D eigenvalue weighted by Crippen LogP contribution is 2.14. The summed E-state index contributed by atoms with van der Waals surface area (Å²) in [6, 6.07) is 0. The van der Waals surface area contributed by atoms with E-state index in [-0.39, 0.29) is 5.60 Å². The lowest BCUT2D eigenvalue weighted by Gasteiger charge is -2.26. The van der Waals surface area contributed by atoms with Crippen LogP contribution in [0.5, 0.6) is 0 Å². The van der Waals surface area contributed by atoms with Gasteiger partial charge in [-0.3, -0.25) is 0 Å². The molecule has 0 aromatic rings. The fraction of sp³-hybridized carbons (Fsp3) is 1.00. The van der Waals surface area contributed by atoms with E-state index in [0.717, 1.165) is 12.8 Å². The van der Waals surface area contributed by atoms with Crippen LogP contribution in [-0.4, -0.2) is 18.2 Å². The number of ether oxygens (including phenoxy) is 1. The summed E-state index contributed by atoms with van der Waals surface area (Å²) in [4.78, 5) is 0. The fourth-order valence-corrected chi connectivity index (χ4v) is 1.03. The van der Waals surface area contributed by atoms with Gasteiger partial charge in [0.15, 0.2) is 0 Å². The van der Waals surface area contributed by atoms with Gasteiger partial charge in [0, 0.05) is 0 Å². The first kappa shape index (κ1) is 10.9. The molecule has 1 atom stereocenters. The highest BCUT2D eigenvalue weighted by atomic mass is 16.5. The summed E-state index contributed by atoms with van der Waals surface area (Å²) in [5.41, 5.74) is 5.41. The van der Waals surface area contributed by atoms with E-state index in [1.807, 2.05) is 0 Å². The van der Waals surface area contributed by atoms with E-state index in [9.17, 15) is 0 Å². The van der Waals surface area contributed by atoms with E-state index in [1.165, 1.54) is 0 Å². The third-order valence-electron chi connectivity index (χ3n) is 1.46. The van der Waals surface area contributed by atoms with Crippen molar-refractivity contribution in [3.05, 3.63) is 0 Å². The van der Waals surface area contributed by atoms with Crippen molar-refractivity contribution in [2.24, 2.45) is 5.73 Å². The monoisotopic (exact) mass is 159 g/mol. The van der Waals surface area contributed by atoms with Gasteiger partial charge in [-0.05, 0) is 40.2 Å². The molecule has 0 heterocycles. The highest BCUT2D eigenvalue weighted by molar-refractivity contribution is 4.65. The molecule has 0 fully saturated rings. The standard InChI is InChI=1S/C9H21NO/c1-5-8(6-7-10)11-9(2,3)4/h8H,5-7,10H2,1-4H3. The molecule has 0 aliphatic heterocycles. The van der Waals surface area contributed by atoms with Gasteiger partial charge in [0.1, 0.15) is 0 Å². The number of rotatable bonds is 4.